The summed E-state index contributed by atoms with van der Waals surface area (Å²) in [5.74, 6) is -0.316. The van der Waals surface area contributed by atoms with Crippen LogP contribution in [0.4, 0.5) is 0 Å². The number of aromatic amines is 1. The van der Waals surface area contributed by atoms with Gasteiger partial charge in [-0.05, 0) is 29.8 Å². The maximum absolute atomic E-state index is 12.1. The van der Waals surface area contributed by atoms with E-state index in [1.54, 1.807) is 24.4 Å². The highest BCUT2D eigenvalue weighted by atomic mass is 16.7. The number of para-hydroxylation sites is 1. The van der Waals surface area contributed by atoms with Gasteiger partial charge < -0.3 is 19.8 Å². The Morgan fingerprint density at radius 3 is 2.66 bits per heavy atom. The van der Waals surface area contributed by atoms with E-state index in [4.69, 9.17) is 9.47 Å². The fourth-order valence-electron chi connectivity index (χ4n) is 2.98. The molecule has 0 fully saturated rings. The Hall–Kier alpha value is -4.01. The zero-order valence-electron chi connectivity index (χ0n) is 15.3. The van der Waals surface area contributed by atoms with Crippen molar-refractivity contribution in [2.24, 2.45) is 0 Å². The second kappa shape index (κ2) is 7.93. The predicted molar refractivity (Wildman–Crippen MR) is 103 cm³/mol. The van der Waals surface area contributed by atoms with Crippen molar-refractivity contribution in [2.75, 3.05) is 13.3 Å². The van der Waals surface area contributed by atoms with Crippen LogP contribution in [0.1, 0.15) is 15.9 Å². The topological polar surface area (TPSA) is 122 Å². The van der Waals surface area contributed by atoms with Gasteiger partial charge in [0, 0.05) is 22.7 Å². The lowest BCUT2D eigenvalue weighted by Crippen LogP contribution is -2.46. The second-order valence-corrected chi connectivity index (χ2v) is 6.38. The van der Waals surface area contributed by atoms with E-state index in [9.17, 15) is 14.4 Å². The van der Waals surface area contributed by atoms with E-state index in [-0.39, 0.29) is 25.7 Å². The van der Waals surface area contributed by atoms with Crippen LogP contribution in [0.25, 0.3) is 10.9 Å². The average Bonchev–Trinajstić information content (AvgIpc) is 3.37. The van der Waals surface area contributed by atoms with Gasteiger partial charge in [0.05, 0.1) is 13.0 Å². The van der Waals surface area contributed by atoms with Crippen molar-refractivity contribution in [1.82, 2.24) is 21.2 Å². The van der Waals surface area contributed by atoms with Gasteiger partial charge in [0.1, 0.15) is 0 Å². The van der Waals surface area contributed by atoms with Gasteiger partial charge in [0.15, 0.2) is 11.5 Å². The summed E-state index contributed by atoms with van der Waals surface area (Å²) in [5, 5.41) is 3.43. The van der Waals surface area contributed by atoms with Gasteiger partial charge in [0.2, 0.25) is 12.7 Å². The number of rotatable bonds is 5. The SMILES string of the molecule is O=C(CNC(=O)c1ccc2c(c1)OCO2)NNC(=O)Cc1c[nH]c2ccccc12. The van der Waals surface area contributed by atoms with Crippen LogP contribution in [0.3, 0.4) is 0 Å². The predicted octanol–water partition coefficient (Wildman–Crippen LogP) is 1.02. The van der Waals surface area contributed by atoms with E-state index in [0.717, 1.165) is 16.5 Å². The first-order chi connectivity index (χ1) is 14.1. The molecule has 4 N–H and O–H groups in total. The molecule has 2 aromatic carbocycles. The first-order valence-electron chi connectivity index (χ1n) is 8.90. The number of aromatic nitrogens is 1. The molecular formula is C20H18N4O5. The normalized spacial score (nSPS) is 11.9. The van der Waals surface area contributed by atoms with Crippen LogP contribution >= 0.6 is 0 Å². The molecule has 148 valence electrons. The molecule has 29 heavy (non-hydrogen) atoms. The van der Waals surface area contributed by atoms with Crippen LogP contribution in [0.5, 0.6) is 11.5 Å². The molecule has 0 atom stereocenters. The van der Waals surface area contributed by atoms with Crippen LogP contribution < -0.4 is 25.6 Å². The molecule has 0 bridgehead atoms. The molecule has 2 heterocycles. The molecule has 0 aliphatic carbocycles. The fraction of sp³-hybridized carbons (Fsp3) is 0.150. The lowest BCUT2D eigenvalue weighted by atomic mass is 10.1. The second-order valence-electron chi connectivity index (χ2n) is 6.38. The number of benzene rings is 2. The maximum Gasteiger partial charge on any atom is 0.257 e. The van der Waals surface area contributed by atoms with Crippen molar-refractivity contribution in [3.05, 3.63) is 59.8 Å². The number of nitrogens with one attached hydrogen (secondary N) is 4. The third-order valence-corrected chi connectivity index (χ3v) is 4.41. The van der Waals surface area contributed by atoms with Gasteiger partial charge in [-0.1, -0.05) is 18.2 Å². The quantitative estimate of drug-likeness (QED) is 0.482. The lowest BCUT2D eigenvalue weighted by Gasteiger charge is -2.08. The van der Waals surface area contributed by atoms with Gasteiger partial charge >= 0.3 is 0 Å². The Kier molecular flexibility index (Phi) is 5.02. The zero-order chi connectivity index (χ0) is 20.2. The minimum absolute atomic E-state index is 0.105. The van der Waals surface area contributed by atoms with E-state index in [1.807, 2.05) is 24.3 Å². The zero-order valence-corrected chi connectivity index (χ0v) is 15.3. The van der Waals surface area contributed by atoms with Crippen LogP contribution in [0, 0.1) is 0 Å². The van der Waals surface area contributed by atoms with Gasteiger partial charge in [-0.15, -0.1) is 0 Å². The molecule has 0 spiro atoms. The number of H-pyrrole nitrogens is 1. The highest BCUT2D eigenvalue weighted by molar-refractivity contribution is 5.97. The largest absolute Gasteiger partial charge is 0.454 e. The average molecular weight is 394 g/mol. The molecule has 9 heteroatoms. The number of carbonyl (C=O) groups is 3. The summed E-state index contributed by atoms with van der Waals surface area (Å²) in [6, 6.07) is 12.4. The summed E-state index contributed by atoms with van der Waals surface area (Å²) in [7, 11) is 0. The molecule has 0 saturated heterocycles. The van der Waals surface area contributed by atoms with Gasteiger partial charge in [-0.3, -0.25) is 25.2 Å². The third-order valence-electron chi connectivity index (χ3n) is 4.41. The molecule has 0 saturated carbocycles. The Labute approximate surface area is 165 Å². The molecule has 0 radical (unpaired) electrons. The van der Waals surface area contributed by atoms with E-state index in [1.165, 1.54) is 0 Å². The highest BCUT2D eigenvalue weighted by Crippen LogP contribution is 2.32. The van der Waals surface area contributed by atoms with Crippen molar-refractivity contribution >= 4 is 28.6 Å². The Balaban J connectivity index is 1.23. The van der Waals surface area contributed by atoms with Crippen molar-refractivity contribution < 1.29 is 23.9 Å². The first-order valence-corrected chi connectivity index (χ1v) is 8.90. The van der Waals surface area contributed by atoms with Gasteiger partial charge in [-0.25, -0.2) is 0 Å². The van der Waals surface area contributed by atoms with E-state index in [2.05, 4.69) is 21.2 Å². The first kappa shape index (κ1) is 18.4. The number of carbonyl (C=O) groups excluding carboxylic acids is 3. The summed E-state index contributed by atoms with van der Waals surface area (Å²) >= 11 is 0. The molecule has 4 rings (SSSR count). The molecule has 1 aromatic heterocycles. The highest BCUT2D eigenvalue weighted by Gasteiger charge is 2.17. The van der Waals surface area contributed by atoms with Crippen LogP contribution in [-0.2, 0) is 16.0 Å². The van der Waals surface area contributed by atoms with Crippen molar-refractivity contribution in [3.8, 4) is 11.5 Å². The standard InChI is InChI=1S/C20H18N4O5/c25-18(8-13-9-21-15-4-2-1-3-14(13)15)23-24-19(26)10-22-20(27)12-5-6-16-17(7-12)29-11-28-16/h1-7,9,21H,8,10-11H2,(H,22,27)(H,23,25)(H,24,26). The molecule has 3 amide bonds. The summed E-state index contributed by atoms with van der Waals surface area (Å²) in [6.45, 7) is -0.179. The van der Waals surface area contributed by atoms with Crippen molar-refractivity contribution in [2.45, 2.75) is 6.42 Å². The third kappa shape index (κ3) is 4.13. The fourth-order valence-corrected chi connectivity index (χ4v) is 2.98. The van der Waals surface area contributed by atoms with Crippen molar-refractivity contribution in [3.63, 3.8) is 0 Å². The molecule has 0 unspecified atom stereocenters. The number of hydrogen-bond acceptors (Lipinski definition) is 5. The van der Waals surface area contributed by atoms with Crippen molar-refractivity contribution in [1.29, 1.82) is 0 Å². The number of hydrogen-bond donors (Lipinski definition) is 4. The number of fused-ring (bicyclic) bond motifs is 2. The van der Waals surface area contributed by atoms with E-state index in [0.29, 0.717) is 17.1 Å². The summed E-state index contributed by atoms with van der Waals surface area (Å²) in [4.78, 5) is 39.2. The van der Waals surface area contributed by atoms with Gasteiger partial charge in [-0.2, -0.15) is 0 Å². The molecule has 1 aliphatic rings. The molecular weight excluding hydrogens is 376 g/mol. The summed E-state index contributed by atoms with van der Waals surface area (Å²) in [5.41, 5.74) is 6.72. The summed E-state index contributed by atoms with van der Waals surface area (Å²) in [6.07, 6.45) is 1.87. The minimum atomic E-state index is -0.550. The minimum Gasteiger partial charge on any atom is -0.454 e. The molecule has 9 nitrogen and oxygen atoms in total. The van der Waals surface area contributed by atoms with Gasteiger partial charge in [0.25, 0.3) is 11.8 Å². The van der Waals surface area contributed by atoms with Crippen LogP contribution in [-0.4, -0.2) is 36.0 Å². The van der Waals surface area contributed by atoms with Crippen LogP contribution in [0.15, 0.2) is 48.7 Å². The smallest absolute Gasteiger partial charge is 0.257 e. The number of ether oxygens (including phenoxy) is 2. The van der Waals surface area contributed by atoms with E-state index >= 15 is 0 Å². The maximum atomic E-state index is 12.1. The molecule has 1 aliphatic heterocycles. The number of amides is 3. The summed E-state index contributed by atoms with van der Waals surface area (Å²) < 4.78 is 10.4. The lowest BCUT2D eigenvalue weighted by molar-refractivity contribution is -0.128. The Bertz CT molecular complexity index is 1090. The van der Waals surface area contributed by atoms with Crippen LogP contribution in [0.2, 0.25) is 0 Å². The number of hydrazine groups is 1. The van der Waals surface area contributed by atoms with E-state index < -0.39 is 11.8 Å². The molecule has 3 aromatic rings. The Morgan fingerprint density at radius 1 is 0.966 bits per heavy atom. The monoisotopic (exact) mass is 394 g/mol. The Morgan fingerprint density at radius 2 is 1.76 bits per heavy atom.